The second kappa shape index (κ2) is 10.8. The number of aromatic nitrogens is 3. The normalized spacial score (nSPS) is 26.1. The van der Waals surface area contributed by atoms with Gasteiger partial charge in [-0.3, -0.25) is 0 Å². The maximum Gasteiger partial charge on any atom is 0.508 e. The summed E-state index contributed by atoms with van der Waals surface area (Å²) in [5, 5.41) is 51.0. The number of carbonyl (C=O) groups is 1. The standard InChI is InChI=1S/C24H29N3O9/c1-3-14-8-10-15(11-9-14)12-27-19-16(25-26-27)6-5-7-17(19)36-24(32)21(29)20(28)18(35-22(24)30)13-34-23(31)33-4-2/h5-11,18,20-22,28-30,32H,3-4,12-13H2,1-2H3/t18-,20-,21+,22-,24+/m1/s1. The molecule has 0 spiro atoms. The van der Waals surface area contributed by atoms with Crippen molar-refractivity contribution in [3.63, 3.8) is 0 Å². The molecule has 194 valence electrons. The molecule has 0 amide bonds. The van der Waals surface area contributed by atoms with Crippen LogP contribution in [-0.2, 0) is 27.2 Å². The van der Waals surface area contributed by atoms with E-state index in [2.05, 4.69) is 22.0 Å². The molecule has 4 rings (SSSR count). The fourth-order valence-corrected chi connectivity index (χ4v) is 3.92. The molecule has 4 N–H and O–H groups in total. The highest BCUT2D eigenvalue weighted by molar-refractivity contribution is 5.81. The molecule has 1 aliphatic heterocycles. The lowest BCUT2D eigenvalue weighted by molar-refractivity contribution is -0.385. The molecule has 1 saturated heterocycles. The molecular formula is C24H29N3O9. The Bertz CT molecular complexity index is 1190. The first-order chi connectivity index (χ1) is 17.3. The third kappa shape index (κ3) is 5.13. The number of para-hydroxylation sites is 1. The Labute approximate surface area is 206 Å². The first-order valence-corrected chi connectivity index (χ1v) is 11.6. The summed E-state index contributed by atoms with van der Waals surface area (Å²) >= 11 is 0. The number of nitrogens with zero attached hydrogens (tertiary/aromatic N) is 3. The number of carbonyl (C=O) groups excluding carboxylic acids is 1. The number of aliphatic hydroxyl groups excluding tert-OH is 3. The van der Waals surface area contributed by atoms with Crippen LogP contribution in [0, 0.1) is 0 Å². The van der Waals surface area contributed by atoms with E-state index in [-0.39, 0.29) is 12.4 Å². The van der Waals surface area contributed by atoms with Crippen LogP contribution >= 0.6 is 0 Å². The molecule has 5 atom stereocenters. The van der Waals surface area contributed by atoms with Gasteiger partial charge in [0.2, 0.25) is 6.29 Å². The van der Waals surface area contributed by atoms with Crippen molar-refractivity contribution in [3.8, 4) is 5.75 Å². The number of aliphatic hydroxyl groups is 4. The Morgan fingerprint density at radius 3 is 2.50 bits per heavy atom. The highest BCUT2D eigenvalue weighted by Gasteiger charge is 2.57. The van der Waals surface area contributed by atoms with Gasteiger partial charge >= 0.3 is 6.16 Å². The fourth-order valence-electron chi connectivity index (χ4n) is 3.92. The first-order valence-electron chi connectivity index (χ1n) is 11.6. The maximum absolute atomic E-state index is 11.4. The van der Waals surface area contributed by atoms with Crippen LogP contribution in [0.25, 0.3) is 11.0 Å². The average molecular weight is 504 g/mol. The fraction of sp³-hybridized carbons (Fsp3) is 0.458. The van der Waals surface area contributed by atoms with Crippen molar-refractivity contribution in [2.75, 3.05) is 13.2 Å². The Balaban J connectivity index is 1.56. The minimum atomic E-state index is -2.76. The number of hydrogen-bond acceptors (Lipinski definition) is 11. The molecule has 3 aromatic rings. The van der Waals surface area contributed by atoms with Gasteiger partial charge in [0.25, 0.3) is 5.79 Å². The van der Waals surface area contributed by atoms with Crippen LogP contribution in [0.3, 0.4) is 0 Å². The van der Waals surface area contributed by atoms with E-state index in [0.717, 1.165) is 12.0 Å². The molecule has 0 bridgehead atoms. The summed E-state index contributed by atoms with van der Waals surface area (Å²) in [6.07, 6.45) is -7.35. The lowest BCUT2D eigenvalue weighted by atomic mass is 9.96. The third-order valence-electron chi connectivity index (χ3n) is 5.95. The lowest BCUT2D eigenvalue weighted by Crippen LogP contribution is -2.69. The quantitative estimate of drug-likeness (QED) is 0.253. The number of hydrogen-bond donors (Lipinski definition) is 4. The zero-order valence-electron chi connectivity index (χ0n) is 19.9. The maximum atomic E-state index is 11.4. The van der Waals surface area contributed by atoms with E-state index in [1.54, 1.807) is 23.7 Å². The molecule has 1 aromatic heterocycles. The Kier molecular flexibility index (Phi) is 7.71. The van der Waals surface area contributed by atoms with Crippen LogP contribution in [0.4, 0.5) is 4.79 Å². The minimum Gasteiger partial charge on any atom is -0.452 e. The molecule has 1 fully saturated rings. The summed E-state index contributed by atoms with van der Waals surface area (Å²) < 4.78 is 21.9. The van der Waals surface area contributed by atoms with Crippen LogP contribution in [0.2, 0.25) is 0 Å². The van der Waals surface area contributed by atoms with Gasteiger partial charge in [-0.1, -0.05) is 42.5 Å². The van der Waals surface area contributed by atoms with Gasteiger partial charge in [0.05, 0.1) is 13.2 Å². The van der Waals surface area contributed by atoms with Crippen molar-refractivity contribution in [2.45, 2.75) is 57.2 Å². The van der Waals surface area contributed by atoms with Crippen LogP contribution in [0.5, 0.6) is 5.75 Å². The molecule has 1 aliphatic rings. The molecule has 2 aromatic carbocycles. The number of ether oxygens (including phenoxy) is 4. The van der Waals surface area contributed by atoms with Gasteiger partial charge < -0.3 is 39.4 Å². The highest BCUT2D eigenvalue weighted by atomic mass is 16.7. The van der Waals surface area contributed by atoms with Crippen molar-refractivity contribution >= 4 is 17.2 Å². The van der Waals surface area contributed by atoms with Gasteiger partial charge in [-0.15, -0.1) is 5.10 Å². The van der Waals surface area contributed by atoms with Crippen molar-refractivity contribution in [1.82, 2.24) is 15.0 Å². The summed E-state index contributed by atoms with van der Waals surface area (Å²) in [5.41, 5.74) is 2.99. The highest BCUT2D eigenvalue weighted by Crippen LogP contribution is 2.35. The molecule has 0 unspecified atom stereocenters. The third-order valence-corrected chi connectivity index (χ3v) is 5.95. The summed E-state index contributed by atoms with van der Waals surface area (Å²) in [7, 11) is 0. The van der Waals surface area contributed by atoms with Crippen molar-refractivity contribution < 1.29 is 44.2 Å². The van der Waals surface area contributed by atoms with Gasteiger partial charge in [0, 0.05) is 0 Å². The second-order valence-electron chi connectivity index (χ2n) is 8.35. The van der Waals surface area contributed by atoms with Gasteiger partial charge in [0.1, 0.15) is 29.8 Å². The van der Waals surface area contributed by atoms with Crippen molar-refractivity contribution in [3.05, 3.63) is 53.6 Å². The molecular weight excluding hydrogens is 474 g/mol. The van der Waals surface area contributed by atoms with E-state index in [0.29, 0.717) is 17.6 Å². The molecule has 36 heavy (non-hydrogen) atoms. The zero-order valence-corrected chi connectivity index (χ0v) is 19.9. The molecule has 12 heteroatoms. The topological polar surface area (TPSA) is 166 Å². The van der Waals surface area contributed by atoms with Crippen molar-refractivity contribution in [2.24, 2.45) is 0 Å². The van der Waals surface area contributed by atoms with E-state index < -0.39 is 43.2 Å². The van der Waals surface area contributed by atoms with E-state index >= 15 is 0 Å². The SMILES string of the molecule is CCOC(=O)OC[C@H]1O[C@@H](O)[C@@](O)(Oc2cccc3nnn(Cc4ccc(CC)cc4)c23)[C@@H](O)[C@@H]1O. The van der Waals surface area contributed by atoms with Crippen LogP contribution in [-0.4, -0.2) is 85.2 Å². The van der Waals surface area contributed by atoms with E-state index in [9.17, 15) is 25.2 Å². The smallest absolute Gasteiger partial charge is 0.452 e. The lowest BCUT2D eigenvalue weighted by Gasteiger charge is -2.45. The molecule has 12 nitrogen and oxygen atoms in total. The zero-order chi connectivity index (χ0) is 25.9. The van der Waals surface area contributed by atoms with Crippen LogP contribution in [0.15, 0.2) is 42.5 Å². The Morgan fingerprint density at radius 2 is 1.81 bits per heavy atom. The predicted molar refractivity (Wildman–Crippen MR) is 124 cm³/mol. The monoisotopic (exact) mass is 503 g/mol. The van der Waals surface area contributed by atoms with E-state index in [1.165, 1.54) is 11.6 Å². The van der Waals surface area contributed by atoms with E-state index in [1.807, 2.05) is 24.3 Å². The number of fused-ring (bicyclic) bond motifs is 1. The largest absolute Gasteiger partial charge is 0.508 e. The summed E-state index contributed by atoms with van der Waals surface area (Å²) in [6, 6.07) is 12.8. The summed E-state index contributed by atoms with van der Waals surface area (Å²) in [4.78, 5) is 11.4. The summed E-state index contributed by atoms with van der Waals surface area (Å²) in [5.74, 6) is -2.72. The van der Waals surface area contributed by atoms with Crippen LogP contribution < -0.4 is 4.74 Å². The second-order valence-corrected chi connectivity index (χ2v) is 8.35. The van der Waals surface area contributed by atoms with Crippen LogP contribution in [0.1, 0.15) is 25.0 Å². The molecule has 0 aliphatic carbocycles. The number of benzene rings is 2. The minimum absolute atomic E-state index is 0.0419. The van der Waals surface area contributed by atoms with Gasteiger partial charge in [0.15, 0.2) is 11.9 Å². The van der Waals surface area contributed by atoms with E-state index in [4.69, 9.17) is 14.2 Å². The summed E-state index contributed by atoms with van der Waals surface area (Å²) in [6.45, 7) is 3.54. The Morgan fingerprint density at radius 1 is 1.08 bits per heavy atom. The molecule has 2 heterocycles. The Hall–Kier alpha value is -3.29. The van der Waals surface area contributed by atoms with Crippen molar-refractivity contribution in [1.29, 1.82) is 0 Å². The van der Waals surface area contributed by atoms with Gasteiger partial charge in [-0.05, 0) is 36.6 Å². The van der Waals surface area contributed by atoms with Gasteiger partial charge in [-0.25, -0.2) is 9.48 Å². The number of rotatable bonds is 8. The number of aryl methyl sites for hydroxylation is 1. The first kappa shape index (κ1) is 25.8. The average Bonchev–Trinajstić information content (AvgIpc) is 3.29. The van der Waals surface area contributed by atoms with Gasteiger partial charge in [-0.2, -0.15) is 0 Å². The molecule has 0 saturated carbocycles. The molecule has 0 radical (unpaired) electrons. The predicted octanol–water partition coefficient (Wildman–Crippen LogP) is 0.721.